The molecule has 3 N–H and O–H groups in total. The van der Waals surface area contributed by atoms with Crippen LogP contribution in [0.25, 0.3) is 5.69 Å². The topological polar surface area (TPSA) is 90.4 Å². The summed E-state index contributed by atoms with van der Waals surface area (Å²) in [5.41, 5.74) is 4.22. The third-order valence-corrected chi connectivity index (χ3v) is 3.77. The monoisotopic (exact) mass is 321 g/mol. The van der Waals surface area contributed by atoms with Gasteiger partial charge < -0.3 is 15.6 Å². The van der Waals surface area contributed by atoms with Gasteiger partial charge in [0.05, 0.1) is 5.60 Å². The van der Waals surface area contributed by atoms with Crippen LogP contribution >= 0.6 is 0 Å². The average molecular weight is 321 g/mol. The van der Waals surface area contributed by atoms with Gasteiger partial charge in [0.15, 0.2) is 5.69 Å². The summed E-state index contributed by atoms with van der Waals surface area (Å²) in [5, 5.41) is 14.2. The number of carbonyl (C=O) groups is 1. The van der Waals surface area contributed by atoms with Crippen LogP contribution in [0.3, 0.4) is 0 Å². The number of aromatic nitrogens is 2. The molecule has 124 valence electrons. The summed E-state index contributed by atoms with van der Waals surface area (Å²) in [5.74, 6) is -1.19. The molecule has 0 bridgehead atoms. The van der Waals surface area contributed by atoms with Crippen molar-refractivity contribution < 1.29 is 19.0 Å². The first-order chi connectivity index (χ1) is 10.7. The van der Waals surface area contributed by atoms with Gasteiger partial charge in [-0.25, -0.2) is 4.39 Å². The summed E-state index contributed by atoms with van der Waals surface area (Å²) < 4.78 is 20.7. The van der Waals surface area contributed by atoms with Crippen LogP contribution in [0.2, 0.25) is 0 Å². The first-order valence-electron chi connectivity index (χ1n) is 7.22. The number of aliphatic hydroxyl groups is 1. The maximum Gasteiger partial charge on any atom is 0.269 e. The number of benzene rings is 1. The Labute approximate surface area is 133 Å². The van der Waals surface area contributed by atoms with Gasteiger partial charge in [0, 0.05) is 6.07 Å². The van der Waals surface area contributed by atoms with Gasteiger partial charge in [-0.05, 0) is 25.0 Å². The number of carbonyl (C=O) groups excluding carboxylic acids is 1. The van der Waals surface area contributed by atoms with Crippen LogP contribution < -0.4 is 10.5 Å². The van der Waals surface area contributed by atoms with Gasteiger partial charge in [-0.2, -0.15) is 9.78 Å². The Morgan fingerprint density at radius 1 is 1.48 bits per heavy atom. The lowest BCUT2D eigenvalue weighted by Gasteiger charge is -2.27. The summed E-state index contributed by atoms with van der Waals surface area (Å²) in [7, 11) is 0. The van der Waals surface area contributed by atoms with Crippen molar-refractivity contribution in [3.05, 3.63) is 41.8 Å². The Kier molecular flexibility index (Phi) is 4.70. The Morgan fingerprint density at radius 2 is 2.13 bits per heavy atom. The number of ether oxygens (including phenoxy) is 1. The van der Waals surface area contributed by atoms with E-state index in [1.807, 2.05) is 13.8 Å². The standard InChI is InChI=1S/C16H20FN3O3/c1-10(2)16(3,22)9-23-14-8-12(15(18)21)19-20(14)13-7-5-4-6-11(13)17/h4-8,10,22H,9H2,1-3H3,(H2,18,21)/t16-/m1/s1. The van der Waals surface area contributed by atoms with E-state index >= 15 is 0 Å². The van der Waals surface area contributed by atoms with Crippen molar-refractivity contribution in [2.24, 2.45) is 11.7 Å². The molecule has 0 spiro atoms. The Morgan fingerprint density at radius 3 is 2.70 bits per heavy atom. The molecule has 0 saturated heterocycles. The molecule has 0 radical (unpaired) electrons. The van der Waals surface area contributed by atoms with Gasteiger partial charge in [0.1, 0.15) is 18.1 Å². The van der Waals surface area contributed by atoms with Gasteiger partial charge in [0.2, 0.25) is 5.88 Å². The van der Waals surface area contributed by atoms with Crippen molar-refractivity contribution in [1.29, 1.82) is 0 Å². The van der Waals surface area contributed by atoms with E-state index in [0.717, 1.165) is 4.68 Å². The molecule has 23 heavy (non-hydrogen) atoms. The second kappa shape index (κ2) is 6.37. The molecule has 2 rings (SSSR count). The molecule has 1 heterocycles. The molecule has 0 aliphatic heterocycles. The van der Waals surface area contributed by atoms with Crippen molar-refractivity contribution in [3.63, 3.8) is 0 Å². The number of hydrogen-bond donors (Lipinski definition) is 2. The molecule has 0 unspecified atom stereocenters. The second-order valence-electron chi connectivity index (χ2n) is 5.90. The van der Waals surface area contributed by atoms with E-state index in [1.54, 1.807) is 19.1 Å². The van der Waals surface area contributed by atoms with Crippen LogP contribution in [0.15, 0.2) is 30.3 Å². The van der Waals surface area contributed by atoms with Crippen LogP contribution in [0, 0.1) is 11.7 Å². The highest BCUT2D eigenvalue weighted by Gasteiger charge is 2.27. The van der Waals surface area contributed by atoms with E-state index in [-0.39, 0.29) is 29.8 Å². The SMILES string of the molecule is CC(C)[C@](C)(O)COc1cc(C(N)=O)nn1-c1ccccc1F. The molecule has 1 aromatic heterocycles. The van der Waals surface area contributed by atoms with E-state index in [2.05, 4.69) is 5.10 Å². The maximum atomic E-state index is 14.0. The van der Waals surface area contributed by atoms with Crippen molar-refractivity contribution in [2.75, 3.05) is 6.61 Å². The zero-order chi connectivity index (χ0) is 17.2. The van der Waals surface area contributed by atoms with Crippen LogP contribution in [0.1, 0.15) is 31.3 Å². The fraction of sp³-hybridized carbons (Fsp3) is 0.375. The molecule has 1 aromatic carbocycles. The lowest BCUT2D eigenvalue weighted by Crippen LogP contribution is -2.38. The molecule has 7 heteroatoms. The van der Waals surface area contributed by atoms with Gasteiger partial charge in [-0.1, -0.05) is 26.0 Å². The molecule has 0 saturated carbocycles. The largest absolute Gasteiger partial charge is 0.474 e. The summed E-state index contributed by atoms with van der Waals surface area (Å²) in [4.78, 5) is 11.3. The first kappa shape index (κ1) is 17.0. The first-order valence-corrected chi connectivity index (χ1v) is 7.22. The van der Waals surface area contributed by atoms with Gasteiger partial charge >= 0.3 is 0 Å². The minimum atomic E-state index is -1.09. The minimum absolute atomic E-state index is 0.0387. The predicted octanol–water partition coefficient (Wildman–Crippen LogP) is 1.90. The smallest absolute Gasteiger partial charge is 0.269 e. The van der Waals surface area contributed by atoms with E-state index < -0.39 is 17.3 Å². The normalized spacial score (nSPS) is 13.8. The van der Waals surface area contributed by atoms with Crippen molar-refractivity contribution in [2.45, 2.75) is 26.4 Å². The van der Waals surface area contributed by atoms with Crippen LogP contribution in [0.4, 0.5) is 4.39 Å². The third kappa shape index (κ3) is 3.68. The zero-order valence-electron chi connectivity index (χ0n) is 13.3. The molecule has 0 aliphatic rings. The van der Waals surface area contributed by atoms with Crippen LogP contribution in [0.5, 0.6) is 5.88 Å². The summed E-state index contributed by atoms with van der Waals surface area (Å²) in [6.45, 7) is 5.30. The van der Waals surface area contributed by atoms with E-state index in [4.69, 9.17) is 10.5 Å². The number of primary amides is 1. The van der Waals surface area contributed by atoms with Crippen molar-refractivity contribution in [3.8, 4) is 11.6 Å². The van der Waals surface area contributed by atoms with Gasteiger partial charge in [-0.15, -0.1) is 0 Å². The average Bonchev–Trinajstić information content (AvgIpc) is 2.90. The number of hydrogen-bond acceptors (Lipinski definition) is 4. The lowest BCUT2D eigenvalue weighted by molar-refractivity contribution is -0.0284. The van der Waals surface area contributed by atoms with Crippen molar-refractivity contribution >= 4 is 5.91 Å². The molecule has 1 atom stereocenters. The van der Waals surface area contributed by atoms with Crippen molar-refractivity contribution in [1.82, 2.24) is 9.78 Å². The molecular weight excluding hydrogens is 301 g/mol. The number of para-hydroxylation sites is 1. The number of nitrogens with two attached hydrogens (primary N) is 1. The fourth-order valence-electron chi connectivity index (χ4n) is 1.77. The third-order valence-electron chi connectivity index (χ3n) is 3.77. The molecule has 0 aliphatic carbocycles. The fourth-order valence-corrected chi connectivity index (χ4v) is 1.77. The molecular formula is C16H20FN3O3. The number of nitrogens with zero attached hydrogens (tertiary/aromatic N) is 2. The highest BCUT2D eigenvalue weighted by atomic mass is 19.1. The lowest BCUT2D eigenvalue weighted by atomic mass is 9.94. The molecule has 1 amide bonds. The zero-order valence-corrected chi connectivity index (χ0v) is 13.3. The van der Waals surface area contributed by atoms with Crippen LogP contribution in [-0.4, -0.2) is 33.0 Å². The Bertz CT molecular complexity index is 710. The second-order valence-corrected chi connectivity index (χ2v) is 5.90. The van der Waals surface area contributed by atoms with E-state index in [0.29, 0.717) is 0 Å². The molecule has 6 nitrogen and oxygen atoms in total. The quantitative estimate of drug-likeness (QED) is 0.850. The summed E-state index contributed by atoms with van der Waals surface area (Å²) in [6, 6.07) is 7.28. The minimum Gasteiger partial charge on any atom is -0.474 e. The van der Waals surface area contributed by atoms with E-state index in [1.165, 1.54) is 18.2 Å². The predicted molar refractivity (Wildman–Crippen MR) is 83.0 cm³/mol. The van der Waals surface area contributed by atoms with Gasteiger partial charge in [-0.3, -0.25) is 4.79 Å². The number of rotatable bonds is 6. The maximum absolute atomic E-state index is 14.0. The van der Waals surface area contributed by atoms with Crippen LogP contribution in [-0.2, 0) is 0 Å². The van der Waals surface area contributed by atoms with E-state index in [9.17, 15) is 14.3 Å². The Hall–Kier alpha value is -2.41. The van der Waals surface area contributed by atoms with Gasteiger partial charge in [0.25, 0.3) is 5.91 Å². The summed E-state index contributed by atoms with van der Waals surface area (Å²) in [6.07, 6.45) is 0. The number of halogens is 1. The highest BCUT2D eigenvalue weighted by molar-refractivity contribution is 5.91. The molecule has 0 fully saturated rings. The Balaban J connectivity index is 2.39. The molecule has 2 aromatic rings. The summed E-state index contributed by atoms with van der Waals surface area (Å²) >= 11 is 0. The highest BCUT2D eigenvalue weighted by Crippen LogP contribution is 2.24. The number of amides is 1.